The summed E-state index contributed by atoms with van der Waals surface area (Å²) in [4.78, 5) is 40.9. The maximum absolute atomic E-state index is 14.1. The summed E-state index contributed by atoms with van der Waals surface area (Å²) in [5, 5.41) is 0. The summed E-state index contributed by atoms with van der Waals surface area (Å²) in [6.45, 7) is 8.56. The molecule has 0 saturated heterocycles. The van der Waals surface area contributed by atoms with Gasteiger partial charge in [0.15, 0.2) is 0 Å². The number of imidazole rings is 3. The standard InChI is InChI=1S/C18H20FN5O.C15H17BrFN3O.CH4/c1-13(2)24(18(25)16-10-22(3)12-21-16)9-14-4-5-15(19)17(8-14)23-7-6-20-11-23;1-10(2)20(15(21)14-8-19(3)9-18-14)7-11-4-5-13(17)12(16)6-11;/h4-8,10-13H,9H2,1-3H3;4-6,8-10H,7H2,1-3H3;1H4. The van der Waals surface area contributed by atoms with Gasteiger partial charge in [-0.15, -0.1) is 0 Å². The molecule has 5 rings (SSSR count). The molecule has 0 fully saturated rings. The monoisotopic (exact) mass is 710 g/mol. The fourth-order valence-corrected chi connectivity index (χ4v) is 5.03. The van der Waals surface area contributed by atoms with Gasteiger partial charge in [-0.25, -0.2) is 23.7 Å². The van der Waals surface area contributed by atoms with E-state index in [9.17, 15) is 18.4 Å². The third kappa shape index (κ3) is 9.44. The third-order valence-corrected chi connectivity index (χ3v) is 7.71. The maximum atomic E-state index is 14.1. The Labute approximate surface area is 282 Å². The Morgan fingerprint density at radius 3 is 1.68 bits per heavy atom. The van der Waals surface area contributed by atoms with Crippen molar-refractivity contribution in [1.82, 2.24) is 38.5 Å². The molecule has 0 aliphatic heterocycles. The number of hydrogen-bond acceptors (Lipinski definition) is 5. The minimum Gasteiger partial charge on any atom is -0.340 e. The van der Waals surface area contributed by atoms with Crippen molar-refractivity contribution in [3.63, 3.8) is 0 Å². The van der Waals surface area contributed by atoms with Crippen LogP contribution >= 0.6 is 15.9 Å². The normalized spacial score (nSPS) is 10.8. The number of carbonyl (C=O) groups is 2. The molecule has 47 heavy (non-hydrogen) atoms. The third-order valence-electron chi connectivity index (χ3n) is 7.10. The summed E-state index contributed by atoms with van der Waals surface area (Å²) in [6.07, 6.45) is 11.4. The number of hydrogen-bond donors (Lipinski definition) is 0. The van der Waals surface area contributed by atoms with Crippen molar-refractivity contribution in [3.05, 3.63) is 119 Å². The zero-order chi connectivity index (χ0) is 33.5. The number of amides is 2. The van der Waals surface area contributed by atoms with Gasteiger partial charge < -0.3 is 23.5 Å². The van der Waals surface area contributed by atoms with Gasteiger partial charge >= 0.3 is 0 Å². The van der Waals surface area contributed by atoms with E-state index in [0.717, 1.165) is 11.1 Å². The Balaban J connectivity index is 0.000000254. The number of aryl methyl sites for hydroxylation is 2. The largest absolute Gasteiger partial charge is 0.340 e. The second kappa shape index (κ2) is 16.3. The average molecular weight is 712 g/mol. The van der Waals surface area contributed by atoms with E-state index in [-0.39, 0.29) is 43.0 Å². The highest BCUT2D eigenvalue weighted by Crippen LogP contribution is 2.21. The topological polar surface area (TPSA) is 94.1 Å². The van der Waals surface area contributed by atoms with Gasteiger partial charge in [0.25, 0.3) is 11.8 Å². The van der Waals surface area contributed by atoms with Crippen LogP contribution in [0.5, 0.6) is 0 Å². The van der Waals surface area contributed by atoms with Crippen molar-refractivity contribution < 1.29 is 18.4 Å². The summed E-state index contributed by atoms with van der Waals surface area (Å²) in [5.74, 6) is -0.935. The first-order valence-electron chi connectivity index (χ1n) is 14.6. The Morgan fingerprint density at radius 1 is 0.787 bits per heavy atom. The van der Waals surface area contributed by atoms with Crippen molar-refractivity contribution >= 4 is 27.7 Å². The van der Waals surface area contributed by atoms with Crippen LogP contribution < -0.4 is 0 Å². The molecule has 0 spiro atoms. The van der Waals surface area contributed by atoms with Gasteiger partial charge in [0, 0.05) is 64.1 Å². The van der Waals surface area contributed by atoms with Crippen LogP contribution in [0.15, 0.2) is 84.6 Å². The molecular weight excluding hydrogens is 670 g/mol. The van der Waals surface area contributed by atoms with Crippen molar-refractivity contribution in [3.8, 4) is 5.69 Å². The average Bonchev–Trinajstić information content (AvgIpc) is 3.79. The van der Waals surface area contributed by atoms with E-state index in [1.165, 1.54) is 12.1 Å². The zero-order valence-corrected chi connectivity index (χ0v) is 28.2. The van der Waals surface area contributed by atoms with E-state index in [1.807, 2.05) is 41.8 Å². The Kier molecular flexibility index (Phi) is 12.7. The van der Waals surface area contributed by atoms with E-state index in [2.05, 4.69) is 30.9 Å². The molecule has 13 heteroatoms. The first-order chi connectivity index (χ1) is 21.8. The summed E-state index contributed by atoms with van der Waals surface area (Å²) in [6, 6.07) is 9.60. The minimum absolute atomic E-state index is 0. The molecule has 0 aliphatic carbocycles. The van der Waals surface area contributed by atoms with E-state index in [0.29, 0.717) is 34.6 Å². The fourth-order valence-electron chi connectivity index (χ4n) is 4.61. The van der Waals surface area contributed by atoms with Crippen LogP contribution in [-0.2, 0) is 27.2 Å². The Bertz CT molecular complexity index is 1780. The maximum Gasteiger partial charge on any atom is 0.274 e. The molecule has 5 aromatic rings. The van der Waals surface area contributed by atoms with Gasteiger partial charge in [-0.1, -0.05) is 19.6 Å². The number of rotatable bonds is 9. The fraction of sp³-hybridized carbons (Fsp3) is 0.324. The highest BCUT2D eigenvalue weighted by molar-refractivity contribution is 9.10. The number of aromatic nitrogens is 6. The number of benzene rings is 2. The molecule has 0 saturated carbocycles. The molecule has 2 amide bonds. The Morgan fingerprint density at radius 2 is 1.28 bits per heavy atom. The molecule has 0 radical (unpaired) electrons. The number of nitrogens with zero attached hydrogens (tertiary/aromatic N) is 8. The van der Waals surface area contributed by atoms with Gasteiger partial charge in [0.1, 0.15) is 23.0 Å². The second-order valence-corrected chi connectivity index (χ2v) is 12.3. The van der Waals surface area contributed by atoms with E-state index < -0.39 is 0 Å². The lowest BCUT2D eigenvalue weighted by Crippen LogP contribution is -2.36. The van der Waals surface area contributed by atoms with Crippen molar-refractivity contribution in [1.29, 1.82) is 0 Å². The molecule has 0 bridgehead atoms. The lowest BCUT2D eigenvalue weighted by molar-refractivity contribution is 0.0677. The summed E-state index contributed by atoms with van der Waals surface area (Å²) in [7, 11) is 3.64. The van der Waals surface area contributed by atoms with Gasteiger partial charge in [0.2, 0.25) is 0 Å². The Hall–Kier alpha value is -4.65. The summed E-state index contributed by atoms with van der Waals surface area (Å²) in [5.41, 5.74) is 2.91. The predicted octanol–water partition coefficient (Wildman–Crippen LogP) is 6.80. The van der Waals surface area contributed by atoms with E-state index >= 15 is 0 Å². The van der Waals surface area contributed by atoms with Crippen LogP contribution in [0, 0.1) is 11.6 Å². The molecule has 3 aromatic heterocycles. The van der Waals surface area contributed by atoms with Crippen LogP contribution in [-0.4, -0.2) is 62.4 Å². The predicted molar refractivity (Wildman–Crippen MR) is 181 cm³/mol. The van der Waals surface area contributed by atoms with E-state index in [1.54, 1.807) is 91.5 Å². The van der Waals surface area contributed by atoms with Crippen LogP contribution in [0.25, 0.3) is 5.69 Å². The SMILES string of the molecule is C.CC(C)N(Cc1ccc(F)c(-n2ccnc2)c1)C(=O)c1cn(C)cn1.CC(C)N(Cc1ccc(F)c(Br)c1)C(=O)c1cn(C)cn1. The van der Waals surface area contributed by atoms with Crippen LogP contribution in [0.2, 0.25) is 0 Å². The molecule has 2 aromatic carbocycles. The highest BCUT2D eigenvalue weighted by Gasteiger charge is 2.23. The first kappa shape index (κ1) is 36.8. The molecule has 0 atom stereocenters. The smallest absolute Gasteiger partial charge is 0.274 e. The van der Waals surface area contributed by atoms with Crippen LogP contribution in [0.4, 0.5) is 8.78 Å². The zero-order valence-electron chi connectivity index (χ0n) is 26.6. The van der Waals surface area contributed by atoms with Crippen LogP contribution in [0.3, 0.4) is 0 Å². The molecule has 250 valence electrons. The number of carbonyl (C=O) groups excluding carboxylic acids is 2. The summed E-state index contributed by atoms with van der Waals surface area (Å²) >= 11 is 3.16. The molecule has 3 heterocycles. The van der Waals surface area contributed by atoms with Crippen molar-refractivity contribution in [2.75, 3.05) is 0 Å². The molecule has 0 aliphatic rings. The highest BCUT2D eigenvalue weighted by atomic mass is 79.9. The second-order valence-electron chi connectivity index (χ2n) is 11.4. The quantitative estimate of drug-likeness (QED) is 0.168. The van der Waals surface area contributed by atoms with Crippen LogP contribution in [0.1, 0.15) is 67.2 Å². The molecule has 0 N–H and O–H groups in total. The van der Waals surface area contributed by atoms with Gasteiger partial charge in [-0.05, 0) is 79.0 Å². The lowest BCUT2D eigenvalue weighted by Gasteiger charge is -2.26. The molecule has 0 unspecified atom stereocenters. The van der Waals surface area contributed by atoms with Crippen molar-refractivity contribution in [2.45, 2.75) is 60.3 Å². The summed E-state index contributed by atoms with van der Waals surface area (Å²) < 4.78 is 32.9. The van der Waals surface area contributed by atoms with Gasteiger partial charge in [-0.2, -0.15) is 0 Å². The minimum atomic E-state index is -0.339. The first-order valence-corrected chi connectivity index (χ1v) is 15.4. The number of halogens is 3. The van der Waals surface area contributed by atoms with Gasteiger partial charge in [-0.3, -0.25) is 9.59 Å². The van der Waals surface area contributed by atoms with Gasteiger partial charge in [0.05, 0.1) is 29.1 Å². The van der Waals surface area contributed by atoms with Crippen molar-refractivity contribution in [2.24, 2.45) is 14.1 Å². The molecule has 10 nitrogen and oxygen atoms in total. The van der Waals surface area contributed by atoms with E-state index in [4.69, 9.17) is 0 Å². The lowest BCUT2D eigenvalue weighted by atomic mass is 10.1. The molecular formula is C34H41BrF2N8O2.